The summed E-state index contributed by atoms with van der Waals surface area (Å²) in [6.45, 7) is 6.52. The molecule has 3 saturated heterocycles. The third kappa shape index (κ3) is 2.22. The van der Waals surface area contributed by atoms with E-state index in [0.29, 0.717) is 0 Å². The van der Waals surface area contributed by atoms with Gasteiger partial charge in [0.2, 0.25) is 17.8 Å². The van der Waals surface area contributed by atoms with Crippen molar-refractivity contribution in [3.05, 3.63) is 0 Å². The van der Waals surface area contributed by atoms with Gasteiger partial charge in [0.1, 0.15) is 0 Å². The van der Waals surface area contributed by atoms with Crippen LogP contribution in [-0.4, -0.2) is 54.2 Å². The highest BCUT2D eigenvalue weighted by Gasteiger charge is 2.30. The van der Waals surface area contributed by atoms with Crippen molar-refractivity contribution >= 4 is 17.8 Å². The van der Waals surface area contributed by atoms with E-state index < -0.39 is 0 Å². The predicted octanol–water partition coefficient (Wildman–Crippen LogP) is -1.85. The van der Waals surface area contributed by atoms with Crippen LogP contribution in [0.25, 0.3) is 0 Å². The smallest absolute Gasteiger partial charge is 0.232 e. The molecule has 0 radical (unpaired) electrons. The predicted molar refractivity (Wildman–Crippen MR) is 64.8 cm³/mol. The monoisotopic (exact) mass is 236 g/mol. The van der Waals surface area contributed by atoms with Gasteiger partial charge in [-0.25, -0.2) is 0 Å². The van der Waals surface area contributed by atoms with Crippen LogP contribution in [0.1, 0.15) is 0 Å². The number of nitrogens with two attached hydrogens (primary N) is 2. The first-order valence-electron chi connectivity index (χ1n) is 5.74. The summed E-state index contributed by atoms with van der Waals surface area (Å²) >= 11 is 0. The molecule has 3 aliphatic rings. The normalized spacial score (nSPS) is 19.8. The van der Waals surface area contributed by atoms with Gasteiger partial charge in [0.05, 0.1) is 0 Å². The quantitative estimate of drug-likeness (QED) is 0.358. The molecule has 3 aliphatic heterocycles. The fourth-order valence-corrected chi connectivity index (χ4v) is 1.52. The maximum atomic E-state index is 4.47. The summed E-state index contributed by atoms with van der Waals surface area (Å²) in [5, 5.41) is 0. The van der Waals surface area contributed by atoms with Crippen LogP contribution in [0.4, 0.5) is 17.8 Å². The molecule has 4 rings (SSSR count). The third-order valence-corrected chi connectivity index (χ3v) is 2.79. The first kappa shape index (κ1) is 10.5. The van der Waals surface area contributed by atoms with Crippen LogP contribution in [0.15, 0.2) is 0 Å². The van der Waals surface area contributed by atoms with Crippen LogP contribution >= 0.6 is 0 Å². The standard InChI is InChI=1S/C9H12N6.H4N2/c1-2-13(1)7-10-8(14-3-4-14)12-9(11-7)15-5-6-15;1-2/h1-6H2;1-2H2. The van der Waals surface area contributed by atoms with Crippen molar-refractivity contribution < 1.29 is 0 Å². The molecule has 4 N–H and O–H groups in total. The third-order valence-electron chi connectivity index (χ3n) is 2.79. The minimum absolute atomic E-state index is 0.855. The van der Waals surface area contributed by atoms with E-state index in [1.54, 1.807) is 0 Å². The van der Waals surface area contributed by atoms with E-state index in [0.717, 1.165) is 57.1 Å². The van der Waals surface area contributed by atoms with E-state index in [1.807, 2.05) is 0 Å². The highest BCUT2D eigenvalue weighted by Crippen LogP contribution is 2.26. The Morgan fingerprint density at radius 3 is 1.00 bits per heavy atom. The summed E-state index contributed by atoms with van der Waals surface area (Å²) in [5.41, 5.74) is 0. The molecule has 0 bridgehead atoms. The summed E-state index contributed by atoms with van der Waals surface area (Å²) in [4.78, 5) is 19.9. The van der Waals surface area contributed by atoms with Crippen LogP contribution in [0.5, 0.6) is 0 Å². The number of nitrogens with zero attached hydrogens (tertiary/aromatic N) is 6. The molecule has 8 heteroatoms. The van der Waals surface area contributed by atoms with Gasteiger partial charge in [-0.3, -0.25) is 11.7 Å². The van der Waals surface area contributed by atoms with Crippen LogP contribution in [-0.2, 0) is 0 Å². The van der Waals surface area contributed by atoms with Gasteiger partial charge in [-0.1, -0.05) is 0 Å². The topological polar surface area (TPSA) is 99.7 Å². The van der Waals surface area contributed by atoms with E-state index in [-0.39, 0.29) is 0 Å². The Balaban J connectivity index is 0.000000431. The van der Waals surface area contributed by atoms with Gasteiger partial charge in [-0.15, -0.1) is 0 Å². The molecule has 0 spiro atoms. The zero-order valence-electron chi connectivity index (χ0n) is 9.58. The maximum absolute atomic E-state index is 4.47. The van der Waals surface area contributed by atoms with Gasteiger partial charge in [-0.2, -0.15) is 15.0 Å². The van der Waals surface area contributed by atoms with Crippen molar-refractivity contribution in [2.45, 2.75) is 0 Å². The average Bonchev–Trinajstić information content (AvgIpc) is 3.22. The van der Waals surface area contributed by atoms with Gasteiger partial charge in [0.25, 0.3) is 0 Å². The molecule has 1 aromatic heterocycles. The Bertz CT molecular complexity index is 335. The van der Waals surface area contributed by atoms with E-state index in [1.165, 1.54) is 0 Å². The molecular weight excluding hydrogens is 220 g/mol. The molecule has 0 aliphatic carbocycles. The lowest BCUT2D eigenvalue weighted by Gasteiger charge is -2.08. The second-order valence-electron chi connectivity index (χ2n) is 4.20. The molecule has 0 saturated carbocycles. The van der Waals surface area contributed by atoms with Crippen molar-refractivity contribution in [1.29, 1.82) is 0 Å². The number of hydrogen-bond acceptors (Lipinski definition) is 8. The van der Waals surface area contributed by atoms with Crippen LogP contribution in [0, 0.1) is 0 Å². The van der Waals surface area contributed by atoms with Gasteiger partial charge in [0, 0.05) is 39.3 Å². The molecule has 8 nitrogen and oxygen atoms in total. The second-order valence-corrected chi connectivity index (χ2v) is 4.20. The minimum Gasteiger partial charge on any atom is -0.337 e. The number of anilines is 3. The van der Waals surface area contributed by atoms with Crippen molar-refractivity contribution in [2.75, 3.05) is 54.0 Å². The van der Waals surface area contributed by atoms with Crippen LogP contribution in [0.2, 0.25) is 0 Å². The molecule has 0 unspecified atom stereocenters. The van der Waals surface area contributed by atoms with Gasteiger partial charge < -0.3 is 14.7 Å². The van der Waals surface area contributed by atoms with Gasteiger partial charge in [0.15, 0.2) is 0 Å². The fourth-order valence-electron chi connectivity index (χ4n) is 1.52. The highest BCUT2D eigenvalue weighted by molar-refractivity contribution is 5.52. The van der Waals surface area contributed by atoms with Crippen molar-refractivity contribution in [1.82, 2.24) is 15.0 Å². The molecule has 1 aromatic rings. The molecular formula is C9H16N8. The summed E-state index contributed by atoms with van der Waals surface area (Å²) in [6, 6.07) is 0. The highest BCUT2D eigenvalue weighted by atomic mass is 15.5. The summed E-state index contributed by atoms with van der Waals surface area (Å²) < 4.78 is 0. The fraction of sp³-hybridized carbons (Fsp3) is 0.667. The van der Waals surface area contributed by atoms with Crippen LogP contribution < -0.4 is 26.4 Å². The second kappa shape index (κ2) is 3.97. The van der Waals surface area contributed by atoms with E-state index in [9.17, 15) is 0 Å². The van der Waals surface area contributed by atoms with Crippen molar-refractivity contribution in [3.8, 4) is 0 Å². The van der Waals surface area contributed by atoms with Gasteiger partial charge >= 0.3 is 0 Å². The van der Waals surface area contributed by atoms with E-state index >= 15 is 0 Å². The molecule has 0 amide bonds. The zero-order chi connectivity index (χ0) is 11.8. The Kier molecular flexibility index (Phi) is 2.45. The lowest BCUT2D eigenvalue weighted by molar-refractivity contribution is 0.984. The van der Waals surface area contributed by atoms with E-state index in [2.05, 4.69) is 41.3 Å². The maximum Gasteiger partial charge on any atom is 0.232 e. The average molecular weight is 236 g/mol. The minimum atomic E-state index is 0.855. The summed E-state index contributed by atoms with van der Waals surface area (Å²) in [5.74, 6) is 10.6. The Morgan fingerprint density at radius 1 is 0.588 bits per heavy atom. The lowest BCUT2D eigenvalue weighted by atomic mass is 10.8. The number of hydrazine groups is 1. The molecule has 0 atom stereocenters. The Hall–Kier alpha value is -1.67. The molecule has 0 aromatic carbocycles. The SMILES string of the molecule is C1CN1c1nc(N2CC2)nc(N2CC2)n1.NN. The first-order valence-corrected chi connectivity index (χ1v) is 5.74. The Morgan fingerprint density at radius 2 is 0.824 bits per heavy atom. The summed E-state index contributed by atoms with van der Waals surface area (Å²) in [7, 11) is 0. The lowest BCUT2D eigenvalue weighted by Crippen LogP contribution is -2.09. The molecule has 17 heavy (non-hydrogen) atoms. The molecule has 3 fully saturated rings. The van der Waals surface area contributed by atoms with Crippen LogP contribution in [0.3, 0.4) is 0 Å². The number of rotatable bonds is 3. The number of aromatic nitrogens is 3. The number of hydrogen-bond donors (Lipinski definition) is 2. The van der Waals surface area contributed by atoms with Gasteiger partial charge in [-0.05, 0) is 0 Å². The first-order chi connectivity index (χ1) is 8.40. The van der Waals surface area contributed by atoms with E-state index in [4.69, 9.17) is 0 Å². The Labute approximate surface area is 99.2 Å². The largest absolute Gasteiger partial charge is 0.337 e. The van der Waals surface area contributed by atoms with Crippen molar-refractivity contribution in [3.63, 3.8) is 0 Å². The van der Waals surface area contributed by atoms with Crippen molar-refractivity contribution in [2.24, 2.45) is 11.7 Å². The molecule has 4 heterocycles. The molecule has 92 valence electrons. The zero-order valence-corrected chi connectivity index (χ0v) is 9.58. The summed E-state index contributed by atoms with van der Waals surface area (Å²) in [6.07, 6.45) is 0.